The molecule has 4 aromatic rings. The molecule has 2 nitrogen and oxygen atoms in total. The van der Waals surface area contributed by atoms with Gasteiger partial charge in [-0.2, -0.15) is 0 Å². The van der Waals surface area contributed by atoms with Crippen molar-refractivity contribution in [2.45, 2.75) is 0 Å². The Morgan fingerprint density at radius 2 is 1.44 bits per heavy atom. The second-order valence-corrected chi connectivity index (χ2v) is 6.88. The van der Waals surface area contributed by atoms with E-state index < -0.39 is 5.92 Å². The zero-order valence-electron chi connectivity index (χ0n) is 14.6. The third-order valence-corrected chi connectivity index (χ3v) is 5.26. The molecular weight excluding hydrogens is 332 g/mol. The fourth-order valence-corrected chi connectivity index (χ4v) is 3.88. The minimum absolute atomic E-state index is 0.123. The van der Waals surface area contributed by atoms with Crippen LogP contribution in [0.5, 0.6) is 0 Å². The van der Waals surface area contributed by atoms with Gasteiger partial charge in [0.1, 0.15) is 5.92 Å². The Labute approximate surface area is 156 Å². The van der Waals surface area contributed by atoms with Crippen LogP contribution in [0.4, 0.5) is 0 Å². The first-order chi connectivity index (χ1) is 13.2. The van der Waals surface area contributed by atoms with E-state index in [1.165, 1.54) is 0 Å². The molecule has 27 heavy (non-hydrogen) atoms. The van der Waals surface area contributed by atoms with E-state index in [2.05, 4.69) is 18.2 Å². The first kappa shape index (κ1) is 15.7. The topological polar surface area (TPSA) is 34.1 Å². The van der Waals surface area contributed by atoms with Gasteiger partial charge in [-0.1, -0.05) is 78.9 Å². The molecule has 0 saturated heterocycles. The number of hydrogen-bond acceptors (Lipinski definition) is 2. The Balaban J connectivity index is 1.69. The van der Waals surface area contributed by atoms with Gasteiger partial charge in [0.15, 0.2) is 11.6 Å². The van der Waals surface area contributed by atoms with Crippen LogP contribution in [-0.2, 0) is 0 Å². The molecule has 1 aliphatic rings. The highest BCUT2D eigenvalue weighted by molar-refractivity contribution is 6.24. The maximum atomic E-state index is 13.3. The lowest BCUT2D eigenvalue weighted by Gasteiger charge is -2.19. The van der Waals surface area contributed by atoms with Gasteiger partial charge in [0.2, 0.25) is 0 Å². The van der Waals surface area contributed by atoms with Crippen LogP contribution in [0.3, 0.4) is 0 Å². The summed E-state index contributed by atoms with van der Waals surface area (Å²) in [5, 5.41) is 4.15. The van der Waals surface area contributed by atoms with Crippen molar-refractivity contribution in [3.05, 3.63) is 102 Å². The molecule has 0 spiro atoms. The fraction of sp³-hybridized carbons (Fsp3) is 0.0400. The summed E-state index contributed by atoms with van der Waals surface area (Å²) < 4.78 is 0. The van der Waals surface area contributed by atoms with Crippen molar-refractivity contribution in [3.8, 4) is 0 Å². The van der Waals surface area contributed by atoms with E-state index in [4.69, 9.17) is 0 Å². The lowest BCUT2D eigenvalue weighted by molar-refractivity contribution is 0.0840. The molecule has 0 saturated carbocycles. The molecule has 0 aliphatic heterocycles. The van der Waals surface area contributed by atoms with Crippen LogP contribution in [0, 0.1) is 5.92 Å². The number of carbonyl (C=O) groups is 2. The van der Waals surface area contributed by atoms with Crippen LogP contribution in [0.1, 0.15) is 26.3 Å². The van der Waals surface area contributed by atoms with Gasteiger partial charge in [0.05, 0.1) is 0 Å². The Morgan fingerprint density at radius 3 is 2.22 bits per heavy atom. The third kappa shape index (κ3) is 2.49. The van der Waals surface area contributed by atoms with E-state index in [0.29, 0.717) is 11.1 Å². The van der Waals surface area contributed by atoms with Crippen LogP contribution in [0.15, 0.2) is 84.9 Å². The predicted molar refractivity (Wildman–Crippen MR) is 109 cm³/mol. The Hall–Kier alpha value is -3.52. The van der Waals surface area contributed by atoms with Gasteiger partial charge in [-0.05, 0) is 39.2 Å². The average Bonchev–Trinajstić information content (AvgIpc) is 2.72. The van der Waals surface area contributed by atoms with Crippen molar-refractivity contribution in [2.24, 2.45) is 5.92 Å². The Morgan fingerprint density at radius 1 is 0.741 bits per heavy atom. The third-order valence-electron chi connectivity index (χ3n) is 5.26. The first-order valence-corrected chi connectivity index (χ1v) is 8.99. The van der Waals surface area contributed by atoms with Gasteiger partial charge >= 0.3 is 0 Å². The maximum Gasteiger partial charge on any atom is 0.178 e. The van der Waals surface area contributed by atoms with E-state index >= 15 is 0 Å². The van der Waals surface area contributed by atoms with Gasteiger partial charge < -0.3 is 0 Å². The molecule has 0 fully saturated rings. The van der Waals surface area contributed by atoms with Gasteiger partial charge in [-0.15, -0.1) is 0 Å². The second kappa shape index (κ2) is 6.03. The Bertz CT molecular complexity index is 1250. The van der Waals surface area contributed by atoms with Crippen molar-refractivity contribution >= 4 is 39.2 Å². The minimum Gasteiger partial charge on any atom is -0.293 e. The normalized spacial score (nSPS) is 15.9. The first-order valence-electron chi connectivity index (χ1n) is 8.99. The zero-order valence-corrected chi connectivity index (χ0v) is 14.6. The summed E-state index contributed by atoms with van der Waals surface area (Å²) in [5.41, 5.74) is 2.09. The largest absolute Gasteiger partial charge is 0.293 e. The van der Waals surface area contributed by atoms with Crippen LogP contribution in [-0.4, -0.2) is 11.6 Å². The standard InChI is InChI=1S/C25H16O2/c26-24(17-6-2-1-3-7-17)21-13-12-16-10-11-20-14-18-8-4-5-9-19(18)15-22(20)23(16)25(21)27/h1-15,21H. The monoisotopic (exact) mass is 348 g/mol. The van der Waals surface area contributed by atoms with E-state index in [9.17, 15) is 9.59 Å². The molecule has 0 bridgehead atoms. The smallest absolute Gasteiger partial charge is 0.178 e. The predicted octanol–water partition coefficient (Wildman–Crippen LogP) is 5.70. The summed E-state index contributed by atoms with van der Waals surface area (Å²) in [7, 11) is 0. The summed E-state index contributed by atoms with van der Waals surface area (Å²) in [4.78, 5) is 26.2. The van der Waals surface area contributed by atoms with E-state index in [1.807, 2.05) is 54.6 Å². The molecule has 128 valence electrons. The highest BCUT2D eigenvalue weighted by Crippen LogP contribution is 2.33. The Kier molecular flexibility index (Phi) is 3.51. The summed E-state index contributed by atoms with van der Waals surface area (Å²) in [6.45, 7) is 0. The van der Waals surface area contributed by atoms with Crippen molar-refractivity contribution < 1.29 is 9.59 Å². The lowest BCUT2D eigenvalue weighted by atomic mass is 9.81. The number of Topliss-reactive ketones (excluding diaryl/α,β-unsaturated/α-hetero) is 2. The maximum absolute atomic E-state index is 13.3. The number of hydrogen-bond donors (Lipinski definition) is 0. The molecule has 1 aliphatic carbocycles. The molecule has 0 aromatic heterocycles. The molecule has 0 amide bonds. The second-order valence-electron chi connectivity index (χ2n) is 6.88. The van der Waals surface area contributed by atoms with Gasteiger partial charge in [-0.3, -0.25) is 9.59 Å². The summed E-state index contributed by atoms with van der Waals surface area (Å²) >= 11 is 0. The molecule has 1 unspecified atom stereocenters. The minimum atomic E-state index is -0.767. The number of ketones is 2. The van der Waals surface area contributed by atoms with Gasteiger partial charge in [0, 0.05) is 11.1 Å². The van der Waals surface area contributed by atoms with E-state index in [1.54, 1.807) is 18.2 Å². The van der Waals surface area contributed by atoms with Crippen LogP contribution >= 0.6 is 0 Å². The summed E-state index contributed by atoms with van der Waals surface area (Å²) in [6, 6.07) is 25.3. The summed E-state index contributed by atoms with van der Waals surface area (Å²) in [6.07, 6.45) is 3.63. The molecule has 4 aromatic carbocycles. The quantitative estimate of drug-likeness (QED) is 0.264. The summed E-state index contributed by atoms with van der Waals surface area (Å²) in [5.74, 6) is -1.04. The van der Waals surface area contributed by atoms with Gasteiger partial charge in [0.25, 0.3) is 0 Å². The SMILES string of the molecule is O=C(c1ccccc1)C1C=Cc2ccc3cc4ccccc4cc3c2C1=O. The highest BCUT2D eigenvalue weighted by atomic mass is 16.2. The number of fused-ring (bicyclic) bond motifs is 4. The molecule has 5 rings (SSSR count). The van der Waals surface area contributed by atoms with Crippen molar-refractivity contribution in [1.82, 2.24) is 0 Å². The van der Waals surface area contributed by atoms with Crippen LogP contribution < -0.4 is 0 Å². The molecule has 2 heteroatoms. The van der Waals surface area contributed by atoms with Crippen molar-refractivity contribution in [1.29, 1.82) is 0 Å². The van der Waals surface area contributed by atoms with E-state index in [0.717, 1.165) is 27.1 Å². The number of rotatable bonds is 2. The molecule has 0 radical (unpaired) electrons. The van der Waals surface area contributed by atoms with Crippen molar-refractivity contribution in [3.63, 3.8) is 0 Å². The van der Waals surface area contributed by atoms with Gasteiger partial charge in [-0.25, -0.2) is 0 Å². The van der Waals surface area contributed by atoms with E-state index in [-0.39, 0.29) is 11.6 Å². The molecular formula is C25H16O2. The zero-order chi connectivity index (χ0) is 18.4. The average molecular weight is 348 g/mol. The lowest BCUT2D eigenvalue weighted by Crippen LogP contribution is -2.25. The molecule has 1 atom stereocenters. The van der Waals surface area contributed by atoms with Crippen molar-refractivity contribution in [2.75, 3.05) is 0 Å². The number of allylic oxidation sites excluding steroid dienone is 1. The molecule has 0 heterocycles. The van der Waals surface area contributed by atoms with Crippen LogP contribution in [0.2, 0.25) is 0 Å². The number of benzene rings is 4. The number of carbonyl (C=O) groups excluding carboxylic acids is 2. The van der Waals surface area contributed by atoms with Crippen LogP contribution in [0.25, 0.3) is 27.6 Å². The fourth-order valence-electron chi connectivity index (χ4n) is 3.88. The highest BCUT2D eigenvalue weighted by Gasteiger charge is 2.31. The molecule has 0 N–H and O–H groups in total.